The van der Waals surface area contributed by atoms with Crippen LogP contribution < -0.4 is 10.5 Å². The van der Waals surface area contributed by atoms with Crippen molar-refractivity contribution in [1.82, 2.24) is 0 Å². The largest absolute Gasteiger partial charge is 0.467 e. The molecule has 2 N–H and O–H groups in total. The molecule has 3 nitrogen and oxygen atoms in total. The van der Waals surface area contributed by atoms with E-state index in [4.69, 9.17) is 15.2 Å². The maximum Gasteiger partial charge on any atom is 0.189 e. The number of para-hydroxylation sites is 1. The van der Waals surface area contributed by atoms with Crippen LogP contribution >= 0.6 is 0 Å². The summed E-state index contributed by atoms with van der Waals surface area (Å²) in [6.07, 6.45) is 0.822. The van der Waals surface area contributed by atoms with Gasteiger partial charge in [0.25, 0.3) is 0 Å². The van der Waals surface area contributed by atoms with Gasteiger partial charge in [0.1, 0.15) is 5.75 Å². The van der Waals surface area contributed by atoms with Crippen molar-refractivity contribution in [1.29, 1.82) is 0 Å². The van der Waals surface area contributed by atoms with Crippen molar-refractivity contribution in [2.75, 3.05) is 13.4 Å². The van der Waals surface area contributed by atoms with Gasteiger partial charge >= 0.3 is 0 Å². The fraction of sp³-hybridized carbons (Fsp3) is 0.500. The molecule has 0 spiro atoms. The van der Waals surface area contributed by atoms with Crippen LogP contribution in [0.15, 0.2) is 24.3 Å². The van der Waals surface area contributed by atoms with Crippen LogP contribution in [0.25, 0.3) is 0 Å². The Balaban J connectivity index is 2.60. The minimum Gasteiger partial charge on any atom is -0.467 e. The summed E-state index contributed by atoms with van der Waals surface area (Å²) in [6, 6.07) is 8.06. The van der Waals surface area contributed by atoms with E-state index in [2.05, 4.69) is 0 Å². The minimum atomic E-state index is 0.141. The van der Waals surface area contributed by atoms with Crippen LogP contribution in [0.5, 0.6) is 5.75 Å². The molecule has 0 amide bonds. The third-order valence-corrected chi connectivity index (χ3v) is 2.02. The molecule has 0 bridgehead atoms. The summed E-state index contributed by atoms with van der Waals surface area (Å²) < 4.78 is 10.6. The van der Waals surface area contributed by atoms with Crippen molar-refractivity contribution < 1.29 is 9.47 Å². The number of hydrogen-bond acceptors (Lipinski definition) is 3. The topological polar surface area (TPSA) is 44.5 Å². The first-order chi connectivity index (χ1) is 7.24. The number of benzene rings is 1. The molecule has 1 aromatic rings. The highest BCUT2D eigenvalue weighted by atomic mass is 16.7. The van der Waals surface area contributed by atoms with Gasteiger partial charge in [0, 0.05) is 12.6 Å². The average Bonchev–Trinajstić information content (AvgIpc) is 2.20. The molecule has 1 aromatic carbocycles. The zero-order valence-electron chi connectivity index (χ0n) is 9.40. The van der Waals surface area contributed by atoms with E-state index >= 15 is 0 Å². The lowest BCUT2D eigenvalue weighted by molar-refractivity contribution is 0.0218. The van der Waals surface area contributed by atoms with E-state index in [1.165, 1.54) is 0 Å². The van der Waals surface area contributed by atoms with Gasteiger partial charge < -0.3 is 15.2 Å². The standard InChI is InChI=1S/C12H19NO2/c1-3-14-9-15-12-7-5-4-6-11(12)8-10(2)13/h4-7,10H,3,8-9,13H2,1-2H3. The molecule has 1 rings (SSSR count). The van der Waals surface area contributed by atoms with Gasteiger partial charge in [-0.15, -0.1) is 0 Å². The maximum atomic E-state index is 5.76. The highest BCUT2D eigenvalue weighted by molar-refractivity contribution is 5.33. The Bertz CT molecular complexity index is 287. The van der Waals surface area contributed by atoms with Gasteiger partial charge in [-0.1, -0.05) is 18.2 Å². The number of hydrogen-bond donors (Lipinski definition) is 1. The average molecular weight is 209 g/mol. The normalized spacial score (nSPS) is 12.5. The van der Waals surface area contributed by atoms with E-state index in [9.17, 15) is 0 Å². The third-order valence-electron chi connectivity index (χ3n) is 2.02. The van der Waals surface area contributed by atoms with Crippen molar-refractivity contribution in [3.8, 4) is 5.75 Å². The number of rotatable bonds is 6. The molecule has 0 saturated carbocycles. The van der Waals surface area contributed by atoms with Gasteiger partial charge in [0.2, 0.25) is 0 Å². The van der Waals surface area contributed by atoms with E-state index in [1.54, 1.807) is 0 Å². The van der Waals surface area contributed by atoms with Crippen LogP contribution in [0.1, 0.15) is 19.4 Å². The molecule has 84 valence electrons. The lowest BCUT2D eigenvalue weighted by Crippen LogP contribution is -2.18. The van der Waals surface area contributed by atoms with Gasteiger partial charge in [-0.25, -0.2) is 0 Å². The van der Waals surface area contributed by atoms with Crippen molar-refractivity contribution >= 4 is 0 Å². The van der Waals surface area contributed by atoms with Crippen LogP contribution in [0.2, 0.25) is 0 Å². The molecule has 1 atom stereocenters. The molecule has 3 heteroatoms. The highest BCUT2D eigenvalue weighted by Gasteiger charge is 2.04. The maximum absolute atomic E-state index is 5.76. The van der Waals surface area contributed by atoms with E-state index < -0.39 is 0 Å². The van der Waals surface area contributed by atoms with Gasteiger partial charge in [-0.2, -0.15) is 0 Å². The molecular formula is C12H19NO2. The van der Waals surface area contributed by atoms with Gasteiger partial charge in [-0.3, -0.25) is 0 Å². The minimum absolute atomic E-state index is 0.141. The van der Waals surface area contributed by atoms with Crippen LogP contribution in [-0.2, 0) is 11.2 Å². The molecule has 1 unspecified atom stereocenters. The number of ether oxygens (including phenoxy) is 2. The summed E-state index contributed by atoms with van der Waals surface area (Å²) in [6.45, 7) is 4.89. The Morgan fingerprint density at radius 2 is 2.07 bits per heavy atom. The number of nitrogens with two attached hydrogens (primary N) is 1. The lowest BCUT2D eigenvalue weighted by atomic mass is 10.1. The summed E-state index contributed by atoms with van der Waals surface area (Å²) in [7, 11) is 0. The summed E-state index contributed by atoms with van der Waals surface area (Å²) in [5.41, 5.74) is 6.89. The van der Waals surface area contributed by atoms with Crippen LogP contribution in [-0.4, -0.2) is 19.4 Å². The monoisotopic (exact) mass is 209 g/mol. The summed E-state index contributed by atoms with van der Waals surface area (Å²) in [4.78, 5) is 0. The van der Waals surface area contributed by atoms with Gasteiger partial charge in [0.05, 0.1) is 0 Å². The van der Waals surface area contributed by atoms with Crippen molar-refractivity contribution in [2.45, 2.75) is 26.3 Å². The molecule has 0 aliphatic carbocycles. The Morgan fingerprint density at radius 3 is 2.73 bits per heavy atom. The molecule has 0 aliphatic rings. The van der Waals surface area contributed by atoms with Crippen molar-refractivity contribution in [3.63, 3.8) is 0 Å². The van der Waals surface area contributed by atoms with Crippen LogP contribution in [0.3, 0.4) is 0 Å². The molecule has 0 aromatic heterocycles. The van der Waals surface area contributed by atoms with Crippen molar-refractivity contribution in [3.05, 3.63) is 29.8 Å². The van der Waals surface area contributed by atoms with Gasteiger partial charge in [0.15, 0.2) is 6.79 Å². The molecule has 0 heterocycles. The first kappa shape index (κ1) is 12.0. The van der Waals surface area contributed by atoms with Crippen molar-refractivity contribution in [2.24, 2.45) is 5.73 Å². The fourth-order valence-electron chi connectivity index (χ4n) is 1.35. The van der Waals surface area contributed by atoms with Gasteiger partial charge in [-0.05, 0) is 31.9 Å². The molecule has 0 aliphatic heterocycles. The van der Waals surface area contributed by atoms with Crippen LogP contribution in [0, 0.1) is 0 Å². The van der Waals surface area contributed by atoms with E-state index in [0.29, 0.717) is 13.4 Å². The highest BCUT2D eigenvalue weighted by Crippen LogP contribution is 2.19. The predicted molar refractivity (Wildman–Crippen MR) is 60.9 cm³/mol. The SMILES string of the molecule is CCOCOc1ccccc1CC(C)N. The molecule has 15 heavy (non-hydrogen) atoms. The lowest BCUT2D eigenvalue weighted by Gasteiger charge is -2.12. The first-order valence-electron chi connectivity index (χ1n) is 5.28. The predicted octanol–water partition coefficient (Wildman–Crippen LogP) is 1.95. The van der Waals surface area contributed by atoms with E-state index in [-0.39, 0.29) is 6.04 Å². The van der Waals surface area contributed by atoms with E-state index in [0.717, 1.165) is 17.7 Å². The molecule has 0 saturated heterocycles. The Morgan fingerprint density at radius 1 is 1.33 bits per heavy atom. The quantitative estimate of drug-likeness (QED) is 0.575. The smallest absolute Gasteiger partial charge is 0.189 e. The zero-order valence-corrected chi connectivity index (χ0v) is 9.40. The fourth-order valence-corrected chi connectivity index (χ4v) is 1.35. The zero-order chi connectivity index (χ0) is 11.1. The first-order valence-corrected chi connectivity index (χ1v) is 5.28. The second kappa shape index (κ2) is 6.43. The second-order valence-corrected chi connectivity index (χ2v) is 3.54. The molecular weight excluding hydrogens is 190 g/mol. The second-order valence-electron chi connectivity index (χ2n) is 3.54. The summed E-state index contributed by atoms with van der Waals surface area (Å²) in [5.74, 6) is 0.864. The third kappa shape index (κ3) is 4.32. The molecule has 0 radical (unpaired) electrons. The Labute approximate surface area is 91.2 Å². The van der Waals surface area contributed by atoms with E-state index in [1.807, 2.05) is 38.1 Å². The molecule has 0 fully saturated rings. The summed E-state index contributed by atoms with van der Waals surface area (Å²) >= 11 is 0. The Hall–Kier alpha value is -1.06. The Kier molecular flexibility index (Phi) is 5.15. The van der Waals surface area contributed by atoms with Crippen LogP contribution in [0.4, 0.5) is 0 Å². The summed E-state index contributed by atoms with van der Waals surface area (Å²) in [5, 5.41) is 0.